The molecule has 0 fully saturated rings. The Hall–Kier alpha value is -3.07. The zero-order valence-electron chi connectivity index (χ0n) is 13.0. The second kappa shape index (κ2) is 6.10. The average molecular weight is 353 g/mol. The SMILES string of the molecule is O=C([O-])c1ccc(/C=N\n2c(-c3n[nH]c4c3CCC4)n[nH]c2=S)cc1. The molecule has 0 amide bonds. The van der Waals surface area contributed by atoms with Gasteiger partial charge in [-0.3, -0.25) is 5.10 Å². The third-order valence-corrected chi connectivity index (χ3v) is 4.40. The van der Waals surface area contributed by atoms with Gasteiger partial charge in [0, 0.05) is 11.3 Å². The van der Waals surface area contributed by atoms with Crippen molar-refractivity contribution in [3.63, 3.8) is 0 Å². The normalized spacial score (nSPS) is 13.4. The zero-order chi connectivity index (χ0) is 17.4. The number of fused-ring (bicyclic) bond motifs is 1. The van der Waals surface area contributed by atoms with Gasteiger partial charge in [-0.15, -0.1) is 0 Å². The molecule has 2 aromatic heterocycles. The second-order valence-corrected chi connectivity index (χ2v) is 6.09. The molecule has 126 valence electrons. The fraction of sp³-hybridized carbons (Fsp3) is 0.188. The van der Waals surface area contributed by atoms with E-state index in [1.807, 2.05) is 0 Å². The van der Waals surface area contributed by atoms with Crippen molar-refractivity contribution in [2.75, 3.05) is 0 Å². The fourth-order valence-corrected chi connectivity index (χ4v) is 3.07. The topological polar surface area (TPSA) is 115 Å². The van der Waals surface area contributed by atoms with Crippen LogP contribution in [0.2, 0.25) is 0 Å². The van der Waals surface area contributed by atoms with Crippen LogP contribution < -0.4 is 5.11 Å². The number of hydrogen-bond donors (Lipinski definition) is 2. The van der Waals surface area contributed by atoms with E-state index >= 15 is 0 Å². The monoisotopic (exact) mass is 353 g/mol. The molecule has 0 saturated carbocycles. The summed E-state index contributed by atoms with van der Waals surface area (Å²) < 4.78 is 1.86. The first-order valence-corrected chi connectivity index (χ1v) is 8.14. The lowest BCUT2D eigenvalue weighted by molar-refractivity contribution is -0.255. The number of benzene rings is 1. The molecule has 1 aliphatic carbocycles. The summed E-state index contributed by atoms with van der Waals surface area (Å²) in [6, 6.07) is 6.22. The number of H-pyrrole nitrogens is 2. The average Bonchev–Trinajstić information content (AvgIpc) is 3.29. The van der Waals surface area contributed by atoms with Crippen molar-refractivity contribution in [2.45, 2.75) is 19.3 Å². The minimum atomic E-state index is -1.21. The van der Waals surface area contributed by atoms with Gasteiger partial charge in [-0.2, -0.15) is 20.0 Å². The van der Waals surface area contributed by atoms with E-state index in [1.54, 1.807) is 18.3 Å². The first kappa shape index (κ1) is 15.5. The molecule has 9 heteroatoms. The maximum Gasteiger partial charge on any atom is 0.216 e. The molecule has 1 aliphatic rings. The molecule has 0 radical (unpaired) electrons. The molecular weight excluding hydrogens is 340 g/mol. The fourth-order valence-electron chi connectivity index (χ4n) is 2.89. The van der Waals surface area contributed by atoms with Crippen LogP contribution >= 0.6 is 12.2 Å². The quantitative estimate of drug-likeness (QED) is 0.538. The Morgan fingerprint density at radius 1 is 1.24 bits per heavy atom. The van der Waals surface area contributed by atoms with Crippen molar-refractivity contribution in [1.82, 2.24) is 25.1 Å². The van der Waals surface area contributed by atoms with Gasteiger partial charge in [-0.1, -0.05) is 24.3 Å². The van der Waals surface area contributed by atoms with Crippen molar-refractivity contribution < 1.29 is 9.90 Å². The molecule has 0 saturated heterocycles. The van der Waals surface area contributed by atoms with E-state index in [0.717, 1.165) is 41.8 Å². The van der Waals surface area contributed by atoms with Gasteiger partial charge in [-0.25, -0.2) is 5.10 Å². The molecule has 3 aromatic rings. The molecule has 0 unspecified atom stereocenters. The van der Waals surface area contributed by atoms with Crippen molar-refractivity contribution in [2.24, 2.45) is 5.10 Å². The van der Waals surface area contributed by atoms with Gasteiger partial charge in [0.15, 0.2) is 0 Å². The second-order valence-electron chi connectivity index (χ2n) is 5.70. The van der Waals surface area contributed by atoms with E-state index in [9.17, 15) is 9.90 Å². The highest BCUT2D eigenvalue weighted by molar-refractivity contribution is 7.71. The molecule has 1 aromatic carbocycles. The number of nitrogens with zero attached hydrogens (tertiary/aromatic N) is 4. The Labute approximate surface area is 147 Å². The van der Waals surface area contributed by atoms with Crippen LogP contribution in [0.3, 0.4) is 0 Å². The third kappa shape index (κ3) is 2.78. The number of aromatic amines is 2. The number of carboxylic acid groups (broad SMARTS) is 1. The van der Waals surface area contributed by atoms with Gasteiger partial charge in [0.05, 0.1) is 12.2 Å². The van der Waals surface area contributed by atoms with Crippen LogP contribution in [0.4, 0.5) is 0 Å². The Balaban J connectivity index is 1.68. The molecular formula is C16H13N6O2S-. The molecule has 25 heavy (non-hydrogen) atoms. The molecule has 0 aliphatic heterocycles. The van der Waals surface area contributed by atoms with Gasteiger partial charge >= 0.3 is 0 Å². The largest absolute Gasteiger partial charge is 0.545 e. The van der Waals surface area contributed by atoms with E-state index in [2.05, 4.69) is 25.5 Å². The number of carbonyl (C=O) groups is 1. The zero-order valence-corrected chi connectivity index (χ0v) is 13.8. The van der Waals surface area contributed by atoms with E-state index < -0.39 is 5.97 Å². The van der Waals surface area contributed by atoms with E-state index in [-0.39, 0.29) is 5.56 Å². The minimum absolute atomic E-state index is 0.116. The van der Waals surface area contributed by atoms with E-state index in [0.29, 0.717) is 10.6 Å². The number of carboxylic acids is 1. The standard InChI is InChI=1S/C16H14N6O2S/c23-15(24)10-6-4-9(5-7-10)8-17-22-14(20-21-16(22)25)13-11-2-1-3-12(11)18-19-13/h4-8H,1-3H2,(H,18,19)(H,21,25)(H,23,24)/p-1/b17-8-. The van der Waals surface area contributed by atoms with Crippen LogP contribution in [0.25, 0.3) is 11.5 Å². The summed E-state index contributed by atoms with van der Waals surface area (Å²) in [4.78, 5) is 10.8. The number of aromatic carboxylic acids is 1. The lowest BCUT2D eigenvalue weighted by atomic mass is 10.1. The molecule has 4 rings (SSSR count). The molecule has 8 nitrogen and oxygen atoms in total. The van der Waals surface area contributed by atoms with Gasteiger partial charge in [-0.05, 0) is 42.6 Å². The summed E-state index contributed by atoms with van der Waals surface area (Å²) in [6.07, 6.45) is 4.62. The number of carbonyl (C=O) groups excluding carboxylic acids is 1. The van der Waals surface area contributed by atoms with Gasteiger partial charge in [0.2, 0.25) is 10.6 Å². The highest BCUT2D eigenvalue weighted by atomic mass is 32.1. The highest BCUT2D eigenvalue weighted by Gasteiger charge is 2.23. The van der Waals surface area contributed by atoms with Crippen LogP contribution in [0, 0.1) is 4.77 Å². The number of hydrogen-bond acceptors (Lipinski definition) is 6. The lowest BCUT2D eigenvalue weighted by Gasteiger charge is -2.02. The van der Waals surface area contributed by atoms with Crippen molar-refractivity contribution >= 4 is 24.4 Å². The van der Waals surface area contributed by atoms with Crippen LogP contribution in [-0.2, 0) is 12.8 Å². The Morgan fingerprint density at radius 3 is 2.80 bits per heavy atom. The Morgan fingerprint density at radius 2 is 2.04 bits per heavy atom. The molecule has 0 bridgehead atoms. The van der Waals surface area contributed by atoms with Gasteiger partial charge in [0.1, 0.15) is 5.69 Å². The lowest BCUT2D eigenvalue weighted by Crippen LogP contribution is -2.21. The first-order valence-electron chi connectivity index (χ1n) is 7.73. The summed E-state index contributed by atoms with van der Waals surface area (Å²) in [5, 5.41) is 29.5. The molecule has 0 atom stereocenters. The van der Waals surface area contributed by atoms with Crippen LogP contribution in [-0.4, -0.2) is 37.3 Å². The van der Waals surface area contributed by atoms with Crippen LogP contribution in [0.1, 0.15) is 33.6 Å². The van der Waals surface area contributed by atoms with Crippen LogP contribution in [0.5, 0.6) is 0 Å². The van der Waals surface area contributed by atoms with Crippen molar-refractivity contribution in [1.29, 1.82) is 0 Å². The summed E-state index contributed by atoms with van der Waals surface area (Å²) in [5.41, 5.74) is 3.89. The van der Waals surface area contributed by atoms with Crippen LogP contribution in [0.15, 0.2) is 29.4 Å². The number of nitrogens with one attached hydrogen (secondary N) is 2. The summed E-state index contributed by atoms with van der Waals surface area (Å²) in [7, 11) is 0. The number of aromatic nitrogens is 5. The van der Waals surface area contributed by atoms with E-state index in [1.165, 1.54) is 16.8 Å². The van der Waals surface area contributed by atoms with Crippen molar-refractivity contribution in [3.8, 4) is 11.5 Å². The predicted molar refractivity (Wildman–Crippen MR) is 90.8 cm³/mol. The maximum absolute atomic E-state index is 10.8. The van der Waals surface area contributed by atoms with Gasteiger partial charge < -0.3 is 9.90 Å². The van der Waals surface area contributed by atoms with E-state index in [4.69, 9.17) is 12.2 Å². The predicted octanol–water partition coefficient (Wildman–Crippen LogP) is 1.07. The number of aryl methyl sites for hydroxylation is 1. The maximum atomic E-state index is 10.8. The highest BCUT2D eigenvalue weighted by Crippen LogP contribution is 2.29. The summed E-state index contributed by atoms with van der Waals surface area (Å²) in [6.45, 7) is 0. The summed E-state index contributed by atoms with van der Waals surface area (Å²) >= 11 is 5.25. The molecule has 2 N–H and O–H groups in total. The first-order chi connectivity index (χ1) is 12.1. The molecule has 0 spiro atoms. The third-order valence-electron chi connectivity index (χ3n) is 4.14. The Bertz CT molecular complexity index is 1030. The Kier molecular flexibility index (Phi) is 3.77. The summed E-state index contributed by atoms with van der Waals surface area (Å²) in [5.74, 6) is -0.665. The minimum Gasteiger partial charge on any atom is -0.545 e. The molecule has 2 heterocycles. The smallest absolute Gasteiger partial charge is 0.216 e. The van der Waals surface area contributed by atoms with Crippen molar-refractivity contribution in [3.05, 3.63) is 51.4 Å². The van der Waals surface area contributed by atoms with Gasteiger partial charge in [0.25, 0.3) is 0 Å². The number of rotatable bonds is 4.